The van der Waals surface area contributed by atoms with E-state index in [0.29, 0.717) is 32.8 Å². The van der Waals surface area contributed by atoms with Crippen LogP contribution in [0.15, 0.2) is 54.9 Å². The summed E-state index contributed by atoms with van der Waals surface area (Å²) in [5.41, 5.74) is 1.39. The summed E-state index contributed by atoms with van der Waals surface area (Å²) in [5, 5.41) is 9.65. The number of anilines is 2. The first-order chi connectivity index (χ1) is 19.5. The summed E-state index contributed by atoms with van der Waals surface area (Å²) in [5.74, 6) is -0.105. The Balaban J connectivity index is 1.59. The molecule has 4 rings (SSSR count). The van der Waals surface area contributed by atoms with E-state index in [9.17, 15) is 9.59 Å². The molecule has 1 aliphatic heterocycles. The van der Waals surface area contributed by atoms with E-state index in [1.54, 1.807) is 24.3 Å². The first-order valence-electron chi connectivity index (χ1n) is 13.4. The van der Waals surface area contributed by atoms with Gasteiger partial charge < -0.3 is 25.4 Å². The van der Waals surface area contributed by atoms with Crippen LogP contribution in [-0.2, 0) is 9.53 Å². The molecule has 41 heavy (non-hydrogen) atoms. The molecule has 1 unspecified atom stereocenters. The van der Waals surface area contributed by atoms with Crippen LogP contribution in [0.4, 0.5) is 11.5 Å². The number of carbonyl (C=O) groups is 2. The van der Waals surface area contributed by atoms with Gasteiger partial charge in [0, 0.05) is 18.3 Å². The van der Waals surface area contributed by atoms with E-state index in [1.807, 2.05) is 45.9 Å². The molecule has 1 atom stereocenters. The number of hydrogen-bond acceptors (Lipinski definition) is 8. The fourth-order valence-electron chi connectivity index (χ4n) is 4.40. The lowest BCUT2D eigenvalue weighted by molar-refractivity contribution is -0.166. The number of carbonyl (C=O) groups excluding carboxylic acids is 2. The minimum atomic E-state index is -0.800. The average molecular weight is 596 g/mol. The van der Waals surface area contributed by atoms with Crippen LogP contribution in [0, 0.1) is 12.8 Å². The summed E-state index contributed by atoms with van der Waals surface area (Å²) in [7, 11) is 0. The second-order valence-electron chi connectivity index (χ2n) is 10.8. The van der Waals surface area contributed by atoms with Crippen molar-refractivity contribution in [2.45, 2.75) is 52.2 Å². The molecule has 1 aliphatic rings. The van der Waals surface area contributed by atoms with E-state index < -0.39 is 23.6 Å². The zero-order valence-corrected chi connectivity index (χ0v) is 25.1. The number of piperidine rings is 1. The lowest BCUT2D eigenvalue weighted by Crippen LogP contribution is -2.44. The van der Waals surface area contributed by atoms with Crippen molar-refractivity contribution in [3.05, 3.63) is 76.7 Å². The van der Waals surface area contributed by atoms with Crippen molar-refractivity contribution in [2.24, 2.45) is 5.92 Å². The van der Waals surface area contributed by atoms with Gasteiger partial charge in [0.1, 0.15) is 22.2 Å². The predicted octanol–water partition coefficient (Wildman–Crippen LogP) is 5.57. The maximum Gasteiger partial charge on any atom is 0.348 e. The Morgan fingerprint density at radius 1 is 1.10 bits per heavy atom. The van der Waals surface area contributed by atoms with Crippen molar-refractivity contribution in [2.75, 3.05) is 23.7 Å². The van der Waals surface area contributed by atoms with Crippen LogP contribution in [0.3, 0.4) is 0 Å². The van der Waals surface area contributed by atoms with E-state index in [1.165, 1.54) is 12.4 Å². The normalized spacial score (nSPS) is 14.6. The maximum absolute atomic E-state index is 13.3. The Labute approximate surface area is 250 Å². The number of esters is 1. The highest BCUT2D eigenvalue weighted by molar-refractivity contribution is 7.81. The number of nitrogens with one attached hydrogen (secondary N) is 3. The van der Waals surface area contributed by atoms with Gasteiger partial charge in [-0.25, -0.2) is 14.8 Å². The number of halogens is 1. The Morgan fingerprint density at radius 3 is 2.54 bits per heavy atom. The Bertz CT molecular complexity index is 1400. The van der Waals surface area contributed by atoms with E-state index >= 15 is 0 Å². The van der Waals surface area contributed by atoms with Gasteiger partial charge in [-0.05, 0) is 95.6 Å². The van der Waals surface area contributed by atoms with E-state index in [0.717, 1.165) is 31.5 Å². The third-order valence-corrected chi connectivity index (χ3v) is 6.87. The smallest absolute Gasteiger partial charge is 0.348 e. The fourth-order valence-corrected chi connectivity index (χ4v) is 4.79. The topological polar surface area (TPSA) is 114 Å². The second kappa shape index (κ2) is 13.4. The van der Waals surface area contributed by atoms with Crippen molar-refractivity contribution < 1.29 is 19.1 Å². The molecule has 9 nitrogen and oxygen atoms in total. The number of ether oxygens (including phenoxy) is 2. The van der Waals surface area contributed by atoms with Crippen molar-refractivity contribution in [3.63, 3.8) is 0 Å². The van der Waals surface area contributed by atoms with E-state index in [4.69, 9.17) is 33.3 Å². The minimum absolute atomic E-state index is 0.0175. The number of aromatic nitrogens is 2. The third-order valence-electron chi connectivity index (χ3n) is 6.33. The van der Waals surface area contributed by atoms with Gasteiger partial charge in [0.2, 0.25) is 0 Å². The summed E-state index contributed by atoms with van der Waals surface area (Å²) < 4.78 is 12.2. The summed E-state index contributed by atoms with van der Waals surface area (Å²) in [6.45, 7) is 9.05. The standard InChI is InChI=1S/C30H34ClN5O4S/c1-18-7-9-21(23(16-18)39-26(19-11-14-32-15-12-19)29(38)40-30(2,3)4)28(41)35-22-6-5-13-33-25(22)27(37)36-24-10-8-20(31)17-34-24/h5-10,13,16-17,19,26,32H,11-12,14-15H2,1-4H3,(H,35,41)(H,34,36,37). The molecular weight excluding hydrogens is 562 g/mol. The summed E-state index contributed by atoms with van der Waals surface area (Å²) in [6, 6.07) is 12.2. The molecule has 0 spiro atoms. The van der Waals surface area contributed by atoms with Gasteiger partial charge in [-0.15, -0.1) is 0 Å². The molecule has 1 fully saturated rings. The molecule has 0 saturated carbocycles. The third kappa shape index (κ3) is 8.45. The number of aryl methyl sites for hydroxylation is 1. The van der Waals surface area contributed by atoms with Crippen LogP contribution in [0.1, 0.15) is 55.2 Å². The Morgan fingerprint density at radius 2 is 1.85 bits per heavy atom. The average Bonchev–Trinajstić information content (AvgIpc) is 2.92. The van der Waals surface area contributed by atoms with Gasteiger partial charge >= 0.3 is 5.97 Å². The van der Waals surface area contributed by atoms with Crippen molar-refractivity contribution >= 4 is 52.2 Å². The fraction of sp³-hybridized carbons (Fsp3) is 0.367. The van der Waals surface area contributed by atoms with Gasteiger partial charge in [-0.1, -0.05) is 29.9 Å². The molecule has 0 aliphatic carbocycles. The van der Waals surface area contributed by atoms with Gasteiger partial charge in [0.05, 0.1) is 16.3 Å². The highest BCUT2D eigenvalue weighted by Gasteiger charge is 2.35. The molecule has 0 bridgehead atoms. The quantitative estimate of drug-likeness (QED) is 0.227. The van der Waals surface area contributed by atoms with Gasteiger partial charge in [-0.2, -0.15) is 0 Å². The van der Waals surface area contributed by atoms with Crippen LogP contribution in [-0.4, -0.2) is 51.6 Å². The number of hydrogen-bond donors (Lipinski definition) is 3. The molecule has 1 aromatic carbocycles. The van der Waals surface area contributed by atoms with Crippen LogP contribution in [0.5, 0.6) is 5.75 Å². The zero-order valence-electron chi connectivity index (χ0n) is 23.5. The lowest BCUT2D eigenvalue weighted by Gasteiger charge is -2.32. The summed E-state index contributed by atoms with van der Waals surface area (Å²) in [6.07, 6.45) is 3.72. The van der Waals surface area contributed by atoms with Gasteiger partial charge in [-0.3, -0.25) is 4.79 Å². The molecule has 1 amide bonds. The number of amides is 1. The first kappa shape index (κ1) is 30.4. The molecule has 1 saturated heterocycles. The summed E-state index contributed by atoms with van der Waals surface area (Å²) >= 11 is 11.7. The van der Waals surface area contributed by atoms with Crippen molar-refractivity contribution in [3.8, 4) is 5.75 Å². The van der Waals surface area contributed by atoms with Crippen LogP contribution in [0.2, 0.25) is 5.02 Å². The lowest BCUT2D eigenvalue weighted by atomic mass is 9.91. The van der Waals surface area contributed by atoms with Crippen LogP contribution < -0.4 is 20.7 Å². The van der Waals surface area contributed by atoms with E-state index in [2.05, 4.69) is 25.9 Å². The Hall–Kier alpha value is -3.60. The molecular formula is C30H34ClN5O4S. The number of pyridine rings is 2. The van der Waals surface area contributed by atoms with Gasteiger partial charge in [0.15, 0.2) is 11.8 Å². The number of thiocarbonyl (C=S) groups is 1. The Kier molecular flexibility index (Phi) is 9.90. The zero-order chi connectivity index (χ0) is 29.6. The minimum Gasteiger partial charge on any atom is -0.478 e. The number of benzene rings is 1. The molecule has 216 valence electrons. The monoisotopic (exact) mass is 595 g/mol. The second-order valence-corrected chi connectivity index (χ2v) is 11.7. The predicted molar refractivity (Wildman–Crippen MR) is 164 cm³/mol. The molecule has 2 aromatic heterocycles. The first-order valence-corrected chi connectivity index (χ1v) is 14.2. The van der Waals surface area contributed by atoms with E-state index in [-0.39, 0.29) is 11.6 Å². The highest BCUT2D eigenvalue weighted by atomic mass is 35.5. The molecule has 3 N–H and O–H groups in total. The van der Waals surface area contributed by atoms with Crippen LogP contribution >= 0.6 is 23.8 Å². The van der Waals surface area contributed by atoms with Gasteiger partial charge in [0.25, 0.3) is 5.91 Å². The van der Waals surface area contributed by atoms with Crippen LogP contribution in [0.25, 0.3) is 0 Å². The van der Waals surface area contributed by atoms with Crippen molar-refractivity contribution in [1.29, 1.82) is 0 Å². The number of nitrogens with zero attached hydrogens (tertiary/aromatic N) is 2. The molecule has 3 aromatic rings. The SMILES string of the molecule is Cc1ccc(C(=S)Nc2cccnc2C(=O)Nc2ccc(Cl)cn2)c(OC(C(=O)OC(C)(C)C)C2CCNCC2)c1. The molecule has 0 radical (unpaired) electrons. The number of rotatable bonds is 8. The molecule has 3 heterocycles. The summed E-state index contributed by atoms with van der Waals surface area (Å²) in [4.78, 5) is 35.0. The largest absolute Gasteiger partial charge is 0.478 e. The highest BCUT2D eigenvalue weighted by Crippen LogP contribution is 2.29. The molecule has 11 heteroatoms. The maximum atomic E-state index is 13.3. The van der Waals surface area contributed by atoms with Crippen molar-refractivity contribution in [1.82, 2.24) is 15.3 Å².